The SMILES string of the molecule is CC1(O)C2(c3ccccc3)CCC[N+]1(C)CC2. The molecule has 1 aromatic rings. The predicted molar refractivity (Wildman–Crippen MR) is 68.5 cm³/mol. The number of fused-ring (bicyclic) bond motifs is 2. The van der Waals surface area contributed by atoms with E-state index in [2.05, 4.69) is 37.4 Å². The lowest BCUT2D eigenvalue weighted by atomic mass is 9.67. The van der Waals surface area contributed by atoms with Crippen LogP contribution >= 0.6 is 0 Å². The van der Waals surface area contributed by atoms with Crippen LogP contribution in [0.15, 0.2) is 30.3 Å². The summed E-state index contributed by atoms with van der Waals surface area (Å²) < 4.78 is 0.821. The Labute approximate surface area is 103 Å². The number of likely N-dealkylation sites (N-methyl/N-ethyl adjacent to an activating group) is 1. The standard InChI is InChI=1S/C15H22NO/c1-14(17)15(13-7-4-3-5-8-13)9-6-11-16(14,2)12-10-15/h3-5,7-8,17H,6,9-12H2,1-2H3/q+1. The zero-order valence-electron chi connectivity index (χ0n) is 10.8. The maximum Gasteiger partial charge on any atom is 0.207 e. The molecule has 2 aliphatic rings. The first kappa shape index (κ1) is 11.2. The summed E-state index contributed by atoms with van der Waals surface area (Å²) in [5.74, 6) is 0. The highest BCUT2D eigenvalue weighted by molar-refractivity contribution is 5.30. The maximum atomic E-state index is 11.1. The Balaban J connectivity index is 2.14. The molecule has 2 heterocycles. The van der Waals surface area contributed by atoms with Gasteiger partial charge < -0.3 is 5.11 Å². The third kappa shape index (κ3) is 1.23. The molecule has 1 N–H and O–H groups in total. The molecule has 0 aliphatic carbocycles. The fraction of sp³-hybridized carbons (Fsp3) is 0.600. The number of piperidine rings is 1. The molecule has 0 radical (unpaired) electrons. The average Bonchev–Trinajstić information content (AvgIpc) is 2.47. The Kier molecular flexibility index (Phi) is 2.20. The van der Waals surface area contributed by atoms with E-state index in [0.717, 1.165) is 30.4 Å². The first-order valence-electron chi connectivity index (χ1n) is 6.64. The first-order chi connectivity index (χ1) is 8.02. The molecular weight excluding hydrogens is 210 g/mol. The Bertz CT molecular complexity index is 428. The molecule has 2 aliphatic heterocycles. The number of aliphatic hydroxyl groups is 1. The molecule has 17 heavy (non-hydrogen) atoms. The number of benzene rings is 1. The van der Waals surface area contributed by atoms with Crippen molar-refractivity contribution < 1.29 is 9.59 Å². The first-order valence-corrected chi connectivity index (χ1v) is 6.64. The van der Waals surface area contributed by atoms with E-state index < -0.39 is 5.72 Å². The van der Waals surface area contributed by atoms with Gasteiger partial charge in [-0.2, -0.15) is 0 Å². The van der Waals surface area contributed by atoms with Gasteiger partial charge in [0.2, 0.25) is 5.72 Å². The van der Waals surface area contributed by atoms with Gasteiger partial charge in [0.15, 0.2) is 0 Å². The topological polar surface area (TPSA) is 20.2 Å². The van der Waals surface area contributed by atoms with Gasteiger partial charge >= 0.3 is 0 Å². The maximum absolute atomic E-state index is 11.1. The predicted octanol–water partition coefficient (Wildman–Crippen LogP) is 2.28. The van der Waals surface area contributed by atoms with Crippen LogP contribution in [0.2, 0.25) is 0 Å². The molecule has 2 bridgehead atoms. The van der Waals surface area contributed by atoms with Crippen molar-refractivity contribution in [1.82, 2.24) is 0 Å². The Morgan fingerprint density at radius 2 is 1.82 bits per heavy atom. The Morgan fingerprint density at radius 3 is 2.53 bits per heavy atom. The summed E-state index contributed by atoms with van der Waals surface area (Å²) in [6.45, 7) is 4.26. The Morgan fingerprint density at radius 1 is 1.12 bits per heavy atom. The summed E-state index contributed by atoms with van der Waals surface area (Å²) in [6.07, 6.45) is 3.46. The van der Waals surface area contributed by atoms with Crippen molar-refractivity contribution in [3.05, 3.63) is 35.9 Å². The summed E-state index contributed by atoms with van der Waals surface area (Å²) in [5.41, 5.74) is 0.681. The van der Waals surface area contributed by atoms with E-state index in [1.807, 2.05) is 6.92 Å². The van der Waals surface area contributed by atoms with Gasteiger partial charge in [0.1, 0.15) is 0 Å². The minimum atomic E-state index is -0.618. The minimum Gasteiger partial charge on any atom is -0.342 e. The van der Waals surface area contributed by atoms with E-state index in [1.54, 1.807) is 0 Å². The van der Waals surface area contributed by atoms with E-state index >= 15 is 0 Å². The van der Waals surface area contributed by atoms with Crippen molar-refractivity contribution in [2.75, 3.05) is 20.1 Å². The van der Waals surface area contributed by atoms with Gasteiger partial charge in [-0.15, -0.1) is 0 Å². The molecule has 3 atom stereocenters. The number of quaternary nitrogens is 1. The van der Waals surface area contributed by atoms with Gasteiger partial charge in [-0.3, -0.25) is 4.48 Å². The van der Waals surface area contributed by atoms with Crippen LogP contribution in [0.3, 0.4) is 0 Å². The van der Waals surface area contributed by atoms with E-state index in [1.165, 1.54) is 12.0 Å². The quantitative estimate of drug-likeness (QED) is 0.737. The summed E-state index contributed by atoms with van der Waals surface area (Å²) >= 11 is 0. The van der Waals surface area contributed by atoms with Crippen LogP contribution in [0.5, 0.6) is 0 Å². The van der Waals surface area contributed by atoms with Crippen molar-refractivity contribution in [3.63, 3.8) is 0 Å². The summed E-state index contributed by atoms with van der Waals surface area (Å²) in [4.78, 5) is 0. The van der Waals surface area contributed by atoms with Crippen LogP contribution < -0.4 is 0 Å². The van der Waals surface area contributed by atoms with Crippen molar-refractivity contribution in [2.45, 2.75) is 37.3 Å². The number of rotatable bonds is 1. The zero-order chi connectivity index (χ0) is 12.1. The monoisotopic (exact) mass is 232 g/mol. The molecule has 2 fully saturated rings. The van der Waals surface area contributed by atoms with Gasteiger partial charge in [0.25, 0.3) is 0 Å². The second-order valence-electron chi connectivity index (χ2n) is 6.17. The molecule has 0 saturated carbocycles. The number of nitrogens with zero attached hydrogens (tertiary/aromatic N) is 1. The minimum absolute atomic E-state index is 0.0265. The zero-order valence-corrected chi connectivity index (χ0v) is 10.8. The molecule has 3 rings (SSSR count). The molecule has 2 saturated heterocycles. The van der Waals surface area contributed by atoms with Gasteiger partial charge in [-0.1, -0.05) is 30.3 Å². The lowest BCUT2D eigenvalue weighted by Crippen LogP contribution is -2.66. The smallest absolute Gasteiger partial charge is 0.207 e. The summed E-state index contributed by atoms with van der Waals surface area (Å²) in [5, 5.41) is 11.1. The third-order valence-electron chi connectivity index (χ3n) is 5.57. The molecule has 3 unspecified atom stereocenters. The van der Waals surface area contributed by atoms with Crippen LogP contribution in [0.1, 0.15) is 31.7 Å². The third-order valence-corrected chi connectivity index (χ3v) is 5.57. The number of hydrogen-bond donors (Lipinski definition) is 1. The summed E-state index contributed by atoms with van der Waals surface area (Å²) in [6, 6.07) is 10.6. The largest absolute Gasteiger partial charge is 0.342 e. The molecule has 2 nitrogen and oxygen atoms in total. The van der Waals surface area contributed by atoms with Crippen LogP contribution in [-0.2, 0) is 5.41 Å². The van der Waals surface area contributed by atoms with Gasteiger partial charge in [-0.25, -0.2) is 0 Å². The molecular formula is C15H22NO+. The fourth-order valence-corrected chi connectivity index (χ4v) is 4.15. The number of hydrogen-bond acceptors (Lipinski definition) is 1. The van der Waals surface area contributed by atoms with Crippen molar-refractivity contribution in [2.24, 2.45) is 0 Å². The second kappa shape index (κ2) is 3.33. The summed E-state index contributed by atoms with van der Waals surface area (Å²) in [7, 11) is 2.21. The van der Waals surface area contributed by atoms with E-state index in [9.17, 15) is 5.11 Å². The van der Waals surface area contributed by atoms with Crippen LogP contribution in [0.4, 0.5) is 0 Å². The van der Waals surface area contributed by atoms with Gasteiger partial charge in [0.05, 0.1) is 25.6 Å². The highest BCUT2D eigenvalue weighted by Gasteiger charge is 2.66. The second-order valence-corrected chi connectivity index (χ2v) is 6.17. The lowest BCUT2D eigenvalue weighted by Gasteiger charge is -2.51. The Hall–Kier alpha value is -0.860. The van der Waals surface area contributed by atoms with Crippen molar-refractivity contribution in [3.8, 4) is 0 Å². The molecule has 0 amide bonds. The van der Waals surface area contributed by atoms with E-state index in [-0.39, 0.29) is 5.41 Å². The molecule has 0 aromatic heterocycles. The molecule has 92 valence electrons. The highest BCUT2D eigenvalue weighted by Crippen LogP contribution is 2.55. The lowest BCUT2D eigenvalue weighted by molar-refractivity contribution is -0.975. The normalized spacial score (nSPS) is 44.9. The highest BCUT2D eigenvalue weighted by atomic mass is 16.3. The van der Waals surface area contributed by atoms with Gasteiger partial charge in [0, 0.05) is 13.3 Å². The molecule has 1 aromatic carbocycles. The van der Waals surface area contributed by atoms with Crippen LogP contribution in [-0.4, -0.2) is 35.5 Å². The van der Waals surface area contributed by atoms with E-state index in [4.69, 9.17) is 0 Å². The van der Waals surface area contributed by atoms with Crippen LogP contribution in [0, 0.1) is 0 Å². The van der Waals surface area contributed by atoms with Crippen molar-refractivity contribution >= 4 is 0 Å². The fourth-order valence-electron chi connectivity index (χ4n) is 4.15. The molecule has 2 heteroatoms. The van der Waals surface area contributed by atoms with Crippen molar-refractivity contribution in [1.29, 1.82) is 0 Å². The average molecular weight is 232 g/mol. The molecule has 0 spiro atoms. The van der Waals surface area contributed by atoms with E-state index in [0.29, 0.717) is 0 Å². The van der Waals surface area contributed by atoms with Crippen LogP contribution in [0.25, 0.3) is 0 Å². The van der Waals surface area contributed by atoms with Gasteiger partial charge in [-0.05, 0) is 18.4 Å².